The van der Waals surface area contributed by atoms with E-state index in [4.69, 9.17) is 9.72 Å². The number of morpholine rings is 1. The second-order valence-electron chi connectivity index (χ2n) is 6.74. The van der Waals surface area contributed by atoms with E-state index in [0.29, 0.717) is 12.1 Å². The Morgan fingerprint density at radius 3 is 2.63 bits per heavy atom. The summed E-state index contributed by atoms with van der Waals surface area (Å²) in [7, 11) is 0. The van der Waals surface area contributed by atoms with E-state index < -0.39 is 0 Å². The van der Waals surface area contributed by atoms with Gasteiger partial charge in [-0.05, 0) is 31.2 Å². The van der Waals surface area contributed by atoms with Crippen LogP contribution in [0.15, 0.2) is 48.5 Å². The first kappa shape index (κ1) is 18.1. The van der Waals surface area contributed by atoms with Crippen molar-refractivity contribution in [2.24, 2.45) is 0 Å². The molecule has 0 saturated carbocycles. The van der Waals surface area contributed by atoms with Crippen LogP contribution in [0.3, 0.4) is 0 Å². The highest BCUT2D eigenvalue weighted by Crippen LogP contribution is 2.29. The molecule has 2 aromatic carbocycles. The molecule has 2 heterocycles. The first-order valence-electron chi connectivity index (χ1n) is 9.25. The highest BCUT2D eigenvalue weighted by Gasteiger charge is 2.22. The molecule has 0 aliphatic carbocycles. The molecular weight excluding hydrogens is 358 g/mol. The van der Waals surface area contributed by atoms with Crippen LogP contribution in [-0.2, 0) is 4.74 Å². The van der Waals surface area contributed by atoms with Crippen LogP contribution in [-0.4, -0.2) is 55.2 Å². The summed E-state index contributed by atoms with van der Waals surface area (Å²) < 4.78 is 6.52. The Bertz CT molecular complexity index is 884. The summed E-state index contributed by atoms with van der Waals surface area (Å²) in [5, 5.41) is 0.759. The molecule has 1 fully saturated rings. The van der Waals surface area contributed by atoms with E-state index in [0.717, 1.165) is 53.8 Å². The fraction of sp³-hybridized carbons (Fsp3) is 0.333. The first-order valence-corrected chi connectivity index (χ1v) is 10.1. The van der Waals surface area contributed by atoms with Gasteiger partial charge in [-0.25, -0.2) is 4.98 Å². The minimum Gasteiger partial charge on any atom is -0.379 e. The van der Waals surface area contributed by atoms with Gasteiger partial charge >= 0.3 is 0 Å². The summed E-state index contributed by atoms with van der Waals surface area (Å²) in [5.74, 6) is 0.00214. The maximum absolute atomic E-state index is 13.3. The van der Waals surface area contributed by atoms with E-state index in [1.54, 1.807) is 11.3 Å². The van der Waals surface area contributed by atoms with E-state index in [1.165, 1.54) is 0 Å². The molecule has 1 aromatic heterocycles. The Kier molecular flexibility index (Phi) is 5.48. The van der Waals surface area contributed by atoms with Crippen molar-refractivity contribution in [3.8, 4) is 0 Å². The van der Waals surface area contributed by atoms with Crippen LogP contribution >= 0.6 is 11.3 Å². The van der Waals surface area contributed by atoms with Gasteiger partial charge in [0, 0.05) is 31.7 Å². The van der Waals surface area contributed by atoms with E-state index in [2.05, 4.69) is 4.90 Å². The van der Waals surface area contributed by atoms with Crippen molar-refractivity contribution in [1.82, 2.24) is 9.88 Å². The molecule has 0 bridgehead atoms. The Balaban J connectivity index is 1.61. The highest BCUT2D eigenvalue weighted by molar-refractivity contribution is 7.22. The fourth-order valence-corrected chi connectivity index (χ4v) is 4.17. The zero-order valence-corrected chi connectivity index (χ0v) is 16.2. The van der Waals surface area contributed by atoms with E-state index in [-0.39, 0.29) is 5.91 Å². The average molecular weight is 382 g/mol. The zero-order valence-electron chi connectivity index (χ0n) is 15.4. The lowest BCUT2D eigenvalue weighted by Crippen LogP contribution is -2.43. The van der Waals surface area contributed by atoms with Crippen molar-refractivity contribution in [1.29, 1.82) is 0 Å². The van der Waals surface area contributed by atoms with Crippen LogP contribution in [0.2, 0.25) is 0 Å². The second-order valence-corrected chi connectivity index (χ2v) is 7.75. The zero-order chi connectivity index (χ0) is 18.6. The summed E-state index contributed by atoms with van der Waals surface area (Å²) in [4.78, 5) is 22.1. The number of nitrogens with zero attached hydrogens (tertiary/aromatic N) is 3. The smallest absolute Gasteiger partial charge is 0.260 e. The normalized spacial score (nSPS) is 15.1. The summed E-state index contributed by atoms with van der Waals surface area (Å²) in [6, 6.07) is 15.8. The summed E-state index contributed by atoms with van der Waals surface area (Å²) in [6.45, 7) is 6.79. The third-order valence-electron chi connectivity index (χ3n) is 4.80. The second kappa shape index (κ2) is 8.17. The molecule has 0 N–H and O–H groups in total. The number of ether oxygens (including phenoxy) is 1. The van der Waals surface area contributed by atoms with Gasteiger partial charge in [-0.1, -0.05) is 41.2 Å². The van der Waals surface area contributed by atoms with E-state index in [9.17, 15) is 4.79 Å². The molecule has 0 radical (unpaired) electrons. The van der Waals surface area contributed by atoms with Crippen molar-refractivity contribution in [2.75, 3.05) is 44.3 Å². The standard InChI is InChI=1S/C21H23N3O2S/c1-16-6-8-17(9-7-16)20(25)24(11-10-23-12-14-26-15-13-23)21-22-18-4-2-3-5-19(18)27-21/h2-9H,10-15H2,1H3. The molecule has 4 rings (SSSR count). The lowest BCUT2D eigenvalue weighted by Gasteiger charge is -2.29. The van der Waals surface area contributed by atoms with Crippen LogP contribution < -0.4 is 4.90 Å². The first-order chi connectivity index (χ1) is 13.2. The minimum atomic E-state index is 0.00214. The fourth-order valence-electron chi connectivity index (χ4n) is 3.18. The maximum atomic E-state index is 13.3. The molecule has 1 aliphatic rings. The van der Waals surface area contributed by atoms with Gasteiger partial charge in [-0.3, -0.25) is 14.6 Å². The summed E-state index contributed by atoms with van der Waals surface area (Å²) >= 11 is 1.57. The van der Waals surface area contributed by atoms with Crippen LogP contribution in [0.1, 0.15) is 15.9 Å². The molecule has 0 spiro atoms. The number of aryl methyl sites for hydroxylation is 1. The number of aromatic nitrogens is 1. The van der Waals surface area contributed by atoms with Gasteiger partial charge in [-0.15, -0.1) is 0 Å². The van der Waals surface area contributed by atoms with Gasteiger partial charge in [0.1, 0.15) is 0 Å². The van der Waals surface area contributed by atoms with Crippen LogP contribution in [0.5, 0.6) is 0 Å². The lowest BCUT2D eigenvalue weighted by atomic mass is 10.1. The molecule has 3 aromatic rings. The Labute approximate surface area is 163 Å². The van der Waals surface area contributed by atoms with Gasteiger partial charge < -0.3 is 4.74 Å². The molecule has 1 saturated heterocycles. The van der Waals surface area contributed by atoms with E-state index in [1.807, 2.05) is 60.4 Å². The number of hydrogen-bond donors (Lipinski definition) is 0. The van der Waals surface area contributed by atoms with Crippen molar-refractivity contribution in [3.63, 3.8) is 0 Å². The van der Waals surface area contributed by atoms with E-state index >= 15 is 0 Å². The number of carbonyl (C=O) groups is 1. The number of amides is 1. The number of benzene rings is 2. The molecular formula is C21H23N3O2S. The van der Waals surface area contributed by atoms with Gasteiger partial charge in [0.15, 0.2) is 5.13 Å². The van der Waals surface area contributed by atoms with Crippen molar-refractivity contribution in [3.05, 3.63) is 59.7 Å². The minimum absolute atomic E-state index is 0.00214. The predicted octanol–water partition coefficient (Wildman–Crippen LogP) is 3.58. The largest absolute Gasteiger partial charge is 0.379 e. The van der Waals surface area contributed by atoms with Gasteiger partial charge in [0.05, 0.1) is 23.4 Å². The predicted molar refractivity (Wildman–Crippen MR) is 110 cm³/mol. The molecule has 0 atom stereocenters. The summed E-state index contributed by atoms with van der Waals surface area (Å²) in [6.07, 6.45) is 0. The molecule has 5 nitrogen and oxygen atoms in total. The third-order valence-corrected chi connectivity index (χ3v) is 5.86. The Hall–Kier alpha value is -2.28. The Morgan fingerprint density at radius 1 is 1.15 bits per heavy atom. The van der Waals surface area contributed by atoms with Gasteiger partial charge in [-0.2, -0.15) is 0 Å². The number of thiazole rings is 1. The van der Waals surface area contributed by atoms with Crippen molar-refractivity contribution >= 4 is 32.6 Å². The SMILES string of the molecule is Cc1ccc(C(=O)N(CCN2CCOCC2)c2nc3ccccc3s2)cc1. The van der Waals surface area contributed by atoms with Gasteiger partial charge in [0.25, 0.3) is 5.91 Å². The Morgan fingerprint density at radius 2 is 1.89 bits per heavy atom. The number of anilines is 1. The number of para-hydroxylation sites is 1. The van der Waals surface area contributed by atoms with Gasteiger partial charge in [0.2, 0.25) is 0 Å². The lowest BCUT2D eigenvalue weighted by molar-refractivity contribution is 0.0391. The molecule has 6 heteroatoms. The topological polar surface area (TPSA) is 45.7 Å². The molecule has 1 aliphatic heterocycles. The monoisotopic (exact) mass is 381 g/mol. The molecule has 27 heavy (non-hydrogen) atoms. The molecule has 1 amide bonds. The number of hydrogen-bond acceptors (Lipinski definition) is 5. The average Bonchev–Trinajstić information content (AvgIpc) is 3.13. The van der Waals surface area contributed by atoms with Crippen LogP contribution in [0.4, 0.5) is 5.13 Å². The third kappa shape index (κ3) is 4.18. The van der Waals surface area contributed by atoms with Crippen molar-refractivity contribution in [2.45, 2.75) is 6.92 Å². The van der Waals surface area contributed by atoms with Crippen molar-refractivity contribution < 1.29 is 9.53 Å². The van der Waals surface area contributed by atoms with Crippen LogP contribution in [0, 0.1) is 6.92 Å². The molecule has 0 unspecified atom stereocenters. The quantitative estimate of drug-likeness (QED) is 0.678. The highest BCUT2D eigenvalue weighted by atomic mass is 32.1. The number of carbonyl (C=O) groups excluding carboxylic acids is 1. The van der Waals surface area contributed by atoms with Crippen LogP contribution in [0.25, 0.3) is 10.2 Å². The summed E-state index contributed by atoms with van der Waals surface area (Å²) in [5.41, 5.74) is 2.78. The maximum Gasteiger partial charge on any atom is 0.260 e. The number of rotatable bonds is 5. The number of fused-ring (bicyclic) bond motifs is 1. The molecule has 140 valence electrons.